The lowest BCUT2D eigenvalue weighted by atomic mass is 10.0. The first-order valence-corrected chi connectivity index (χ1v) is 10.7. The van der Waals surface area contributed by atoms with Gasteiger partial charge in [-0.3, -0.25) is 4.99 Å². The molecule has 5 nitrogen and oxygen atoms in total. The second-order valence-corrected chi connectivity index (χ2v) is 7.80. The maximum absolute atomic E-state index is 5.43. The van der Waals surface area contributed by atoms with Crippen molar-refractivity contribution >= 4 is 29.9 Å². The summed E-state index contributed by atoms with van der Waals surface area (Å²) in [6, 6.07) is 5.11. The number of nitrogens with one attached hydrogen (secondary N) is 2. The summed E-state index contributed by atoms with van der Waals surface area (Å²) in [7, 11) is 0. The number of unbranched alkanes of at least 4 members (excludes halogenated alkanes) is 1. The van der Waals surface area contributed by atoms with E-state index in [-0.39, 0.29) is 24.0 Å². The third kappa shape index (κ3) is 8.02. The number of likely N-dealkylation sites (tertiary alicyclic amines) is 1. The molecule has 0 spiro atoms. The molecule has 1 aliphatic heterocycles. The van der Waals surface area contributed by atoms with Crippen LogP contribution in [0.2, 0.25) is 0 Å². The lowest BCUT2D eigenvalue weighted by molar-refractivity contribution is 0.203. The van der Waals surface area contributed by atoms with Crippen LogP contribution in [0.4, 0.5) is 0 Å². The lowest BCUT2D eigenvalue weighted by Crippen LogP contribution is -2.50. The van der Waals surface area contributed by atoms with Gasteiger partial charge in [0.05, 0.1) is 6.26 Å². The van der Waals surface area contributed by atoms with Crippen LogP contribution in [0.1, 0.15) is 64.1 Å². The fraction of sp³-hybridized carbons (Fsp3) is 0.762. The molecule has 1 saturated carbocycles. The summed E-state index contributed by atoms with van der Waals surface area (Å²) < 4.78 is 5.43. The SMILES string of the molecule is CCCCN1CCC(NC(=NCCc2ccco2)NC2CCCC2)CC1.I. The Hall–Kier alpha value is -0.760. The number of rotatable bonds is 8. The number of hydrogen-bond donors (Lipinski definition) is 2. The van der Waals surface area contributed by atoms with Crippen LogP contribution in [0.15, 0.2) is 27.8 Å². The third-order valence-electron chi connectivity index (χ3n) is 5.66. The Bertz CT molecular complexity index is 520. The van der Waals surface area contributed by atoms with Crippen LogP contribution in [-0.4, -0.2) is 49.1 Å². The molecule has 1 aromatic heterocycles. The fourth-order valence-electron chi connectivity index (χ4n) is 4.01. The van der Waals surface area contributed by atoms with Gasteiger partial charge in [-0.1, -0.05) is 26.2 Å². The van der Waals surface area contributed by atoms with Gasteiger partial charge in [0.2, 0.25) is 0 Å². The predicted molar refractivity (Wildman–Crippen MR) is 123 cm³/mol. The minimum Gasteiger partial charge on any atom is -0.469 e. The van der Waals surface area contributed by atoms with Crippen LogP contribution in [0.3, 0.4) is 0 Å². The molecule has 154 valence electrons. The summed E-state index contributed by atoms with van der Waals surface area (Å²) in [5.74, 6) is 2.02. The van der Waals surface area contributed by atoms with Crippen LogP contribution in [0, 0.1) is 0 Å². The minimum absolute atomic E-state index is 0. The van der Waals surface area contributed by atoms with E-state index in [1.54, 1.807) is 6.26 Å². The van der Waals surface area contributed by atoms with Crippen molar-refractivity contribution in [2.45, 2.75) is 76.8 Å². The predicted octanol–water partition coefficient (Wildman–Crippen LogP) is 4.18. The standard InChI is InChI=1S/C21H36N4O.HI/c1-2-3-14-25-15-11-19(12-16-25)24-21(23-18-7-4-5-8-18)22-13-10-20-9-6-17-26-20;/h6,9,17-19H,2-5,7-8,10-16H2,1H3,(H2,22,23,24);1H. The number of nitrogens with zero attached hydrogens (tertiary/aromatic N) is 2. The van der Waals surface area contributed by atoms with Crippen molar-refractivity contribution < 1.29 is 4.42 Å². The molecular formula is C21H37IN4O. The van der Waals surface area contributed by atoms with Crippen molar-refractivity contribution in [1.29, 1.82) is 0 Å². The Balaban J connectivity index is 0.00000261. The van der Waals surface area contributed by atoms with E-state index in [0.29, 0.717) is 12.1 Å². The van der Waals surface area contributed by atoms with Crippen LogP contribution in [-0.2, 0) is 6.42 Å². The second kappa shape index (κ2) is 12.6. The Morgan fingerprint density at radius 2 is 1.85 bits per heavy atom. The average Bonchev–Trinajstić information content (AvgIpc) is 3.35. The highest BCUT2D eigenvalue weighted by Gasteiger charge is 2.21. The molecule has 0 amide bonds. The minimum atomic E-state index is 0. The summed E-state index contributed by atoms with van der Waals surface area (Å²) >= 11 is 0. The largest absolute Gasteiger partial charge is 0.469 e. The van der Waals surface area contributed by atoms with E-state index in [9.17, 15) is 0 Å². The van der Waals surface area contributed by atoms with Crippen molar-refractivity contribution in [3.63, 3.8) is 0 Å². The van der Waals surface area contributed by atoms with Crippen molar-refractivity contribution in [2.75, 3.05) is 26.2 Å². The van der Waals surface area contributed by atoms with Crippen molar-refractivity contribution in [1.82, 2.24) is 15.5 Å². The molecule has 1 aromatic rings. The average molecular weight is 488 g/mol. The van der Waals surface area contributed by atoms with Crippen molar-refractivity contribution in [2.24, 2.45) is 4.99 Å². The molecule has 27 heavy (non-hydrogen) atoms. The van der Waals surface area contributed by atoms with Crippen LogP contribution in [0.25, 0.3) is 0 Å². The molecule has 0 atom stereocenters. The lowest BCUT2D eigenvalue weighted by Gasteiger charge is -2.33. The van der Waals surface area contributed by atoms with Crippen LogP contribution >= 0.6 is 24.0 Å². The van der Waals surface area contributed by atoms with Gasteiger partial charge in [-0.05, 0) is 50.8 Å². The molecule has 0 unspecified atom stereocenters. The van der Waals surface area contributed by atoms with E-state index in [1.807, 2.05) is 12.1 Å². The monoisotopic (exact) mass is 488 g/mol. The normalized spacial score (nSPS) is 19.8. The Morgan fingerprint density at radius 3 is 2.48 bits per heavy atom. The van der Waals surface area contributed by atoms with E-state index in [1.165, 1.54) is 71.0 Å². The van der Waals surface area contributed by atoms with Crippen molar-refractivity contribution in [3.8, 4) is 0 Å². The van der Waals surface area contributed by atoms with Gasteiger partial charge in [0.15, 0.2) is 5.96 Å². The molecule has 0 bridgehead atoms. The number of halogens is 1. The number of guanidine groups is 1. The maximum atomic E-state index is 5.43. The highest BCUT2D eigenvalue weighted by molar-refractivity contribution is 14.0. The number of furan rings is 1. The van der Waals surface area contributed by atoms with Crippen LogP contribution < -0.4 is 10.6 Å². The van der Waals surface area contributed by atoms with E-state index in [0.717, 1.165) is 24.7 Å². The topological polar surface area (TPSA) is 52.8 Å². The molecule has 0 aromatic carbocycles. The molecule has 0 radical (unpaired) electrons. The second-order valence-electron chi connectivity index (χ2n) is 7.80. The molecular weight excluding hydrogens is 451 g/mol. The van der Waals surface area contributed by atoms with E-state index < -0.39 is 0 Å². The Kier molecular flexibility index (Phi) is 10.6. The highest BCUT2D eigenvalue weighted by atomic mass is 127. The van der Waals surface area contributed by atoms with E-state index >= 15 is 0 Å². The van der Waals surface area contributed by atoms with Gasteiger partial charge in [0.1, 0.15) is 5.76 Å². The van der Waals surface area contributed by atoms with E-state index in [2.05, 4.69) is 22.5 Å². The molecule has 1 saturated heterocycles. The van der Waals surface area contributed by atoms with Gasteiger partial charge in [0.25, 0.3) is 0 Å². The van der Waals surface area contributed by atoms with Gasteiger partial charge in [-0.2, -0.15) is 0 Å². The quantitative estimate of drug-likeness (QED) is 0.328. The zero-order chi connectivity index (χ0) is 18.0. The Labute approximate surface area is 181 Å². The molecule has 2 fully saturated rings. The van der Waals surface area contributed by atoms with Gasteiger partial charge in [-0.25, -0.2) is 0 Å². The number of hydrogen-bond acceptors (Lipinski definition) is 3. The molecule has 6 heteroatoms. The molecule has 2 N–H and O–H groups in total. The zero-order valence-corrected chi connectivity index (χ0v) is 19.1. The summed E-state index contributed by atoms with van der Waals surface area (Å²) in [4.78, 5) is 7.46. The first kappa shape index (κ1) is 22.5. The van der Waals surface area contributed by atoms with Crippen LogP contribution in [0.5, 0.6) is 0 Å². The third-order valence-corrected chi connectivity index (χ3v) is 5.66. The highest BCUT2D eigenvalue weighted by Crippen LogP contribution is 2.18. The summed E-state index contributed by atoms with van der Waals surface area (Å²) in [5.41, 5.74) is 0. The smallest absolute Gasteiger partial charge is 0.191 e. The maximum Gasteiger partial charge on any atom is 0.191 e. The summed E-state index contributed by atoms with van der Waals surface area (Å²) in [5, 5.41) is 7.40. The zero-order valence-electron chi connectivity index (χ0n) is 16.8. The van der Waals surface area contributed by atoms with E-state index in [4.69, 9.17) is 9.41 Å². The van der Waals surface area contributed by atoms with Gasteiger partial charge in [-0.15, -0.1) is 24.0 Å². The van der Waals surface area contributed by atoms with Crippen molar-refractivity contribution in [3.05, 3.63) is 24.2 Å². The van der Waals surface area contributed by atoms with Gasteiger partial charge < -0.3 is 20.0 Å². The van der Waals surface area contributed by atoms with Gasteiger partial charge in [0, 0.05) is 38.1 Å². The first-order chi connectivity index (χ1) is 12.8. The summed E-state index contributed by atoms with van der Waals surface area (Å²) in [6.45, 7) is 6.72. The van der Waals surface area contributed by atoms with Gasteiger partial charge >= 0.3 is 0 Å². The number of aliphatic imine (C=N–C) groups is 1. The molecule has 1 aliphatic carbocycles. The first-order valence-electron chi connectivity index (χ1n) is 10.7. The molecule has 2 heterocycles. The molecule has 2 aliphatic rings. The Morgan fingerprint density at radius 1 is 1.15 bits per heavy atom. The molecule has 3 rings (SSSR count). The fourth-order valence-corrected chi connectivity index (χ4v) is 4.01. The number of piperidine rings is 1. The summed E-state index contributed by atoms with van der Waals surface area (Å²) in [6.07, 6.45) is 12.9.